The Bertz CT molecular complexity index is 371. The summed E-state index contributed by atoms with van der Waals surface area (Å²) in [5, 5.41) is 3.69. The number of benzene rings is 1. The molecule has 0 amide bonds. The zero-order valence-electron chi connectivity index (χ0n) is 9.64. The summed E-state index contributed by atoms with van der Waals surface area (Å²) in [6.07, 6.45) is -0.995. The quantitative estimate of drug-likeness (QED) is 0.341. The van der Waals surface area contributed by atoms with Gasteiger partial charge in [0.05, 0.1) is 11.8 Å². The van der Waals surface area contributed by atoms with Crippen molar-refractivity contribution in [2.75, 3.05) is 0 Å². The molecule has 0 aromatic heterocycles. The third-order valence-corrected chi connectivity index (χ3v) is 1.78. The summed E-state index contributed by atoms with van der Waals surface area (Å²) in [6, 6.07) is 9.46. The average Bonchev–Trinajstić information content (AvgIpc) is 2.26. The summed E-state index contributed by atoms with van der Waals surface area (Å²) >= 11 is 0. The van der Waals surface area contributed by atoms with E-state index in [1.165, 1.54) is 0 Å². The number of carbonyl (C=O) groups is 1. The first-order chi connectivity index (χ1) is 7.59. The normalized spacial score (nSPS) is 11.4. The SMILES string of the molecule is C/C(=N\OC(=O)OC(C)C)c1ccccc1. The molecule has 0 N–H and O–H groups in total. The standard InChI is InChI=1S/C12H15NO3/c1-9(2)15-12(14)16-13-10(3)11-7-5-4-6-8-11/h4-9H,1-3H3/b13-10+. The summed E-state index contributed by atoms with van der Waals surface area (Å²) < 4.78 is 4.77. The number of nitrogens with zero attached hydrogens (tertiary/aromatic N) is 1. The predicted octanol–water partition coefficient (Wildman–Crippen LogP) is 2.97. The van der Waals surface area contributed by atoms with Crippen molar-refractivity contribution in [3.63, 3.8) is 0 Å². The predicted molar refractivity (Wildman–Crippen MR) is 61.4 cm³/mol. The lowest BCUT2D eigenvalue weighted by Gasteiger charge is -2.05. The maximum absolute atomic E-state index is 11.0. The zero-order chi connectivity index (χ0) is 12.0. The first-order valence-corrected chi connectivity index (χ1v) is 5.07. The van der Waals surface area contributed by atoms with Crippen LogP contribution in [0.15, 0.2) is 35.5 Å². The Hall–Kier alpha value is -1.84. The van der Waals surface area contributed by atoms with Gasteiger partial charge in [0.15, 0.2) is 0 Å². The second kappa shape index (κ2) is 5.90. The van der Waals surface area contributed by atoms with Gasteiger partial charge in [-0.25, -0.2) is 4.79 Å². The van der Waals surface area contributed by atoms with Crippen LogP contribution in [0.3, 0.4) is 0 Å². The molecule has 0 bridgehead atoms. The molecule has 0 saturated heterocycles. The van der Waals surface area contributed by atoms with Crippen LogP contribution in [0.1, 0.15) is 26.3 Å². The third-order valence-electron chi connectivity index (χ3n) is 1.78. The number of hydrogen-bond donors (Lipinski definition) is 0. The van der Waals surface area contributed by atoms with Crippen LogP contribution in [-0.2, 0) is 9.57 Å². The second-order valence-corrected chi connectivity index (χ2v) is 3.55. The highest BCUT2D eigenvalue weighted by Crippen LogP contribution is 2.02. The van der Waals surface area contributed by atoms with E-state index in [1.807, 2.05) is 30.3 Å². The number of ether oxygens (including phenoxy) is 1. The lowest BCUT2D eigenvalue weighted by atomic mass is 10.1. The van der Waals surface area contributed by atoms with Gasteiger partial charge < -0.3 is 4.74 Å². The van der Waals surface area contributed by atoms with Crippen molar-refractivity contribution in [3.05, 3.63) is 35.9 Å². The van der Waals surface area contributed by atoms with Gasteiger partial charge in [-0.1, -0.05) is 35.5 Å². The van der Waals surface area contributed by atoms with Crippen molar-refractivity contribution in [3.8, 4) is 0 Å². The van der Waals surface area contributed by atoms with Gasteiger partial charge in [-0.3, -0.25) is 4.84 Å². The van der Waals surface area contributed by atoms with Crippen LogP contribution in [0, 0.1) is 0 Å². The third kappa shape index (κ3) is 4.13. The van der Waals surface area contributed by atoms with Crippen LogP contribution in [0.4, 0.5) is 4.79 Å². The monoisotopic (exact) mass is 221 g/mol. The van der Waals surface area contributed by atoms with Gasteiger partial charge in [-0.2, -0.15) is 0 Å². The molecule has 1 aromatic carbocycles. The van der Waals surface area contributed by atoms with Crippen LogP contribution in [0.2, 0.25) is 0 Å². The molecule has 4 heteroatoms. The Kier molecular flexibility index (Phi) is 4.51. The number of hydrogen-bond acceptors (Lipinski definition) is 4. The molecule has 0 aliphatic heterocycles. The largest absolute Gasteiger partial charge is 0.535 e. The Balaban J connectivity index is 2.55. The summed E-state index contributed by atoms with van der Waals surface area (Å²) in [7, 11) is 0. The topological polar surface area (TPSA) is 47.9 Å². The van der Waals surface area contributed by atoms with E-state index >= 15 is 0 Å². The minimum absolute atomic E-state index is 0.209. The van der Waals surface area contributed by atoms with Crippen LogP contribution in [0.25, 0.3) is 0 Å². The average molecular weight is 221 g/mol. The number of carbonyl (C=O) groups excluding carboxylic acids is 1. The molecule has 0 heterocycles. The van der Waals surface area contributed by atoms with E-state index in [2.05, 4.69) is 9.99 Å². The van der Waals surface area contributed by atoms with Crippen molar-refractivity contribution in [1.29, 1.82) is 0 Å². The molecule has 0 unspecified atom stereocenters. The van der Waals surface area contributed by atoms with Crippen molar-refractivity contribution < 1.29 is 14.4 Å². The Morgan fingerprint density at radius 2 is 1.88 bits per heavy atom. The molecule has 1 rings (SSSR count). The van der Waals surface area contributed by atoms with E-state index in [4.69, 9.17) is 4.74 Å². The van der Waals surface area contributed by atoms with E-state index < -0.39 is 6.16 Å². The van der Waals surface area contributed by atoms with E-state index in [-0.39, 0.29) is 6.10 Å². The van der Waals surface area contributed by atoms with E-state index in [1.54, 1.807) is 20.8 Å². The van der Waals surface area contributed by atoms with Crippen molar-refractivity contribution in [2.24, 2.45) is 5.16 Å². The fourth-order valence-electron chi connectivity index (χ4n) is 1.05. The van der Waals surface area contributed by atoms with Crippen molar-refractivity contribution in [1.82, 2.24) is 0 Å². The van der Waals surface area contributed by atoms with Crippen LogP contribution in [0.5, 0.6) is 0 Å². The minimum atomic E-state index is -0.787. The minimum Gasteiger partial charge on any atom is -0.430 e. The summed E-state index contributed by atoms with van der Waals surface area (Å²) in [5.41, 5.74) is 1.53. The van der Waals surface area contributed by atoms with Gasteiger partial charge in [0.25, 0.3) is 0 Å². The van der Waals surface area contributed by atoms with Gasteiger partial charge in [0.1, 0.15) is 0 Å². The maximum atomic E-state index is 11.0. The Labute approximate surface area is 94.9 Å². The summed E-state index contributed by atoms with van der Waals surface area (Å²) in [5.74, 6) is 0. The number of oxime groups is 1. The first kappa shape index (κ1) is 12.2. The molecule has 0 aliphatic carbocycles. The Morgan fingerprint density at radius 1 is 1.25 bits per heavy atom. The molecule has 0 spiro atoms. The maximum Gasteiger partial charge on any atom is 0.535 e. The van der Waals surface area contributed by atoms with Crippen molar-refractivity contribution >= 4 is 11.9 Å². The molecule has 0 atom stereocenters. The molecule has 0 radical (unpaired) electrons. The smallest absolute Gasteiger partial charge is 0.430 e. The van der Waals surface area contributed by atoms with Gasteiger partial charge >= 0.3 is 6.16 Å². The van der Waals surface area contributed by atoms with E-state index in [0.717, 1.165) is 5.56 Å². The molecule has 1 aromatic rings. The van der Waals surface area contributed by atoms with Gasteiger partial charge in [-0.05, 0) is 26.3 Å². The van der Waals surface area contributed by atoms with Crippen LogP contribution >= 0.6 is 0 Å². The van der Waals surface area contributed by atoms with Gasteiger partial charge in [0.2, 0.25) is 0 Å². The van der Waals surface area contributed by atoms with Gasteiger partial charge in [-0.15, -0.1) is 0 Å². The summed E-state index contributed by atoms with van der Waals surface area (Å²) in [4.78, 5) is 15.6. The lowest BCUT2D eigenvalue weighted by Crippen LogP contribution is -2.11. The van der Waals surface area contributed by atoms with E-state index in [0.29, 0.717) is 5.71 Å². The number of rotatable bonds is 3. The van der Waals surface area contributed by atoms with Crippen LogP contribution < -0.4 is 0 Å². The van der Waals surface area contributed by atoms with E-state index in [9.17, 15) is 4.79 Å². The van der Waals surface area contributed by atoms with Crippen LogP contribution in [-0.4, -0.2) is 18.0 Å². The highest BCUT2D eigenvalue weighted by atomic mass is 16.8. The highest BCUT2D eigenvalue weighted by molar-refractivity contribution is 5.98. The lowest BCUT2D eigenvalue weighted by molar-refractivity contribution is 0.0363. The molecule has 0 aliphatic rings. The second-order valence-electron chi connectivity index (χ2n) is 3.55. The van der Waals surface area contributed by atoms with Crippen molar-refractivity contribution in [2.45, 2.75) is 26.9 Å². The first-order valence-electron chi connectivity index (χ1n) is 5.07. The molecule has 0 saturated carbocycles. The Morgan fingerprint density at radius 3 is 2.44 bits per heavy atom. The molecular weight excluding hydrogens is 206 g/mol. The van der Waals surface area contributed by atoms with Gasteiger partial charge in [0, 0.05) is 0 Å². The molecular formula is C12H15NO3. The molecule has 16 heavy (non-hydrogen) atoms. The molecule has 86 valence electrons. The fourth-order valence-corrected chi connectivity index (χ4v) is 1.05. The zero-order valence-corrected chi connectivity index (χ0v) is 9.64. The highest BCUT2D eigenvalue weighted by Gasteiger charge is 2.06. The molecule has 0 fully saturated rings. The molecule has 4 nitrogen and oxygen atoms in total. The fraction of sp³-hybridized carbons (Fsp3) is 0.333. The summed E-state index contributed by atoms with van der Waals surface area (Å²) in [6.45, 7) is 5.25.